The van der Waals surface area contributed by atoms with Gasteiger partial charge >= 0.3 is 0 Å². The van der Waals surface area contributed by atoms with E-state index in [-0.39, 0.29) is 11.7 Å². The molecule has 1 heterocycles. The highest BCUT2D eigenvalue weighted by atomic mass is 19.1. The van der Waals surface area contributed by atoms with Gasteiger partial charge in [0.15, 0.2) is 0 Å². The predicted molar refractivity (Wildman–Crippen MR) is 76.4 cm³/mol. The molecule has 0 bridgehead atoms. The average molecular weight is 291 g/mol. The minimum absolute atomic E-state index is 0.00257. The summed E-state index contributed by atoms with van der Waals surface area (Å²) in [7, 11) is 0. The van der Waals surface area contributed by atoms with Crippen molar-refractivity contribution in [3.05, 3.63) is 48.3 Å². The Morgan fingerprint density at radius 3 is 2.86 bits per heavy atom. The van der Waals surface area contributed by atoms with Crippen LogP contribution in [0, 0.1) is 5.82 Å². The van der Waals surface area contributed by atoms with Crippen molar-refractivity contribution in [2.75, 3.05) is 13.2 Å². The number of halogens is 1. The molecule has 0 radical (unpaired) electrons. The van der Waals surface area contributed by atoms with Crippen molar-refractivity contribution in [3.63, 3.8) is 0 Å². The number of amides is 1. The fourth-order valence-electron chi connectivity index (χ4n) is 1.80. The lowest BCUT2D eigenvalue weighted by Gasteiger charge is -2.06. The number of ether oxygens (including phenoxy) is 1. The summed E-state index contributed by atoms with van der Waals surface area (Å²) >= 11 is 0. The van der Waals surface area contributed by atoms with E-state index in [1.165, 1.54) is 12.1 Å². The van der Waals surface area contributed by atoms with E-state index in [9.17, 15) is 9.18 Å². The summed E-state index contributed by atoms with van der Waals surface area (Å²) in [6.45, 7) is 1.01. The zero-order valence-corrected chi connectivity index (χ0v) is 11.6. The maximum absolute atomic E-state index is 12.7. The molecule has 1 aromatic heterocycles. The summed E-state index contributed by atoms with van der Waals surface area (Å²) in [6.07, 6.45) is 5.11. The molecule has 2 N–H and O–H groups in total. The molecule has 0 atom stereocenters. The van der Waals surface area contributed by atoms with Crippen LogP contribution in [0.5, 0.6) is 5.75 Å². The Labute approximate surface area is 122 Å². The van der Waals surface area contributed by atoms with Gasteiger partial charge in [0.2, 0.25) is 5.91 Å². The summed E-state index contributed by atoms with van der Waals surface area (Å²) in [5, 5.41) is 2.84. The van der Waals surface area contributed by atoms with Gasteiger partial charge in [-0.15, -0.1) is 0 Å². The molecule has 0 saturated carbocycles. The quantitative estimate of drug-likeness (QED) is 0.732. The van der Waals surface area contributed by atoms with E-state index < -0.39 is 0 Å². The largest absolute Gasteiger partial charge is 0.494 e. The Morgan fingerprint density at radius 1 is 1.33 bits per heavy atom. The molecular formula is C15H18FN3O2. The van der Waals surface area contributed by atoms with Crippen LogP contribution in [0.25, 0.3) is 0 Å². The lowest BCUT2D eigenvalue weighted by atomic mass is 10.3. The first-order chi connectivity index (χ1) is 10.2. The van der Waals surface area contributed by atoms with Crippen LogP contribution >= 0.6 is 0 Å². The van der Waals surface area contributed by atoms with Gasteiger partial charge in [0.1, 0.15) is 11.6 Å². The topological polar surface area (TPSA) is 67.0 Å². The number of nitrogens with zero attached hydrogens (tertiary/aromatic N) is 1. The van der Waals surface area contributed by atoms with Crippen molar-refractivity contribution in [2.45, 2.75) is 19.3 Å². The summed E-state index contributed by atoms with van der Waals surface area (Å²) in [5.41, 5.74) is 0.995. The van der Waals surface area contributed by atoms with Crippen molar-refractivity contribution in [3.8, 4) is 5.75 Å². The van der Waals surface area contributed by atoms with Crippen molar-refractivity contribution in [1.29, 1.82) is 0 Å². The second kappa shape index (κ2) is 8.04. The van der Waals surface area contributed by atoms with Gasteiger partial charge in [-0.3, -0.25) is 4.79 Å². The molecule has 0 unspecified atom stereocenters. The van der Waals surface area contributed by atoms with Crippen LogP contribution in [0.4, 0.5) is 4.39 Å². The number of imidazole rings is 1. The number of carbonyl (C=O) groups is 1. The van der Waals surface area contributed by atoms with Crippen molar-refractivity contribution < 1.29 is 13.9 Å². The fraction of sp³-hybridized carbons (Fsp3) is 0.333. The van der Waals surface area contributed by atoms with E-state index in [4.69, 9.17) is 4.74 Å². The van der Waals surface area contributed by atoms with Crippen LogP contribution in [0.2, 0.25) is 0 Å². The molecule has 0 aliphatic rings. The third-order valence-corrected chi connectivity index (χ3v) is 2.90. The Hall–Kier alpha value is -2.37. The maximum atomic E-state index is 12.7. The van der Waals surface area contributed by atoms with Crippen LogP contribution < -0.4 is 10.1 Å². The number of hydrogen-bond donors (Lipinski definition) is 2. The zero-order chi connectivity index (χ0) is 14.9. The van der Waals surface area contributed by atoms with Gasteiger partial charge in [-0.2, -0.15) is 0 Å². The zero-order valence-electron chi connectivity index (χ0n) is 11.6. The van der Waals surface area contributed by atoms with Gasteiger partial charge in [-0.25, -0.2) is 9.37 Å². The number of hydrogen-bond acceptors (Lipinski definition) is 3. The average Bonchev–Trinajstić information content (AvgIpc) is 2.99. The second-order valence-electron chi connectivity index (χ2n) is 4.58. The maximum Gasteiger partial charge on any atom is 0.220 e. The summed E-state index contributed by atoms with van der Waals surface area (Å²) in [6, 6.07) is 5.83. The van der Waals surface area contributed by atoms with E-state index in [1.807, 2.05) is 0 Å². The van der Waals surface area contributed by atoms with Gasteiger partial charge in [-0.05, 0) is 30.7 Å². The number of aromatic nitrogens is 2. The van der Waals surface area contributed by atoms with Crippen LogP contribution in [-0.2, 0) is 11.2 Å². The molecule has 21 heavy (non-hydrogen) atoms. The van der Waals surface area contributed by atoms with Crippen LogP contribution in [0.3, 0.4) is 0 Å². The molecule has 2 aromatic rings. The van der Waals surface area contributed by atoms with E-state index in [0.29, 0.717) is 31.7 Å². The fourth-order valence-corrected chi connectivity index (χ4v) is 1.80. The third-order valence-electron chi connectivity index (χ3n) is 2.90. The molecule has 6 heteroatoms. The Bertz CT molecular complexity index is 541. The summed E-state index contributed by atoms with van der Waals surface area (Å²) in [5.74, 6) is 0.312. The molecule has 0 saturated heterocycles. The monoisotopic (exact) mass is 291 g/mol. The SMILES string of the molecule is O=C(CCCOc1ccc(F)cc1)NCCc1cnc[nH]1. The van der Waals surface area contributed by atoms with Gasteiger partial charge in [0, 0.05) is 31.3 Å². The molecule has 0 fully saturated rings. The smallest absolute Gasteiger partial charge is 0.220 e. The van der Waals surface area contributed by atoms with Crippen LogP contribution in [0.15, 0.2) is 36.8 Å². The van der Waals surface area contributed by atoms with Crippen LogP contribution in [-0.4, -0.2) is 29.0 Å². The number of H-pyrrole nitrogens is 1. The molecule has 5 nitrogen and oxygen atoms in total. The van der Waals surface area contributed by atoms with Crippen molar-refractivity contribution in [1.82, 2.24) is 15.3 Å². The molecule has 0 aliphatic carbocycles. The van der Waals surface area contributed by atoms with Gasteiger partial charge in [-0.1, -0.05) is 0 Å². The highest BCUT2D eigenvalue weighted by Gasteiger charge is 2.02. The first-order valence-corrected chi connectivity index (χ1v) is 6.86. The highest BCUT2D eigenvalue weighted by molar-refractivity contribution is 5.75. The molecule has 1 amide bonds. The first kappa shape index (κ1) is 15.0. The molecule has 1 aromatic carbocycles. The second-order valence-corrected chi connectivity index (χ2v) is 4.58. The highest BCUT2D eigenvalue weighted by Crippen LogP contribution is 2.11. The normalized spacial score (nSPS) is 10.3. The van der Waals surface area contributed by atoms with Crippen molar-refractivity contribution in [2.24, 2.45) is 0 Å². The van der Waals surface area contributed by atoms with Gasteiger partial charge < -0.3 is 15.0 Å². The minimum Gasteiger partial charge on any atom is -0.494 e. The molecular weight excluding hydrogens is 273 g/mol. The van der Waals surface area contributed by atoms with Crippen molar-refractivity contribution >= 4 is 5.91 Å². The predicted octanol–water partition coefficient (Wildman–Crippen LogP) is 2.07. The Kier molecular flexibility index (Phi) is 5.75. The Morgan fingerprint density at radius 2 is 2.14 bits per heavy atom. The van der Waals surface area contributed by atoms with E-state index in [0.717, 1.165) is 12.1 Å². The van der Waals surface area contributed by atoms with E-state index >= 15 is 0 Å². The molecule has 0 aliphatic heterocycles. The van der Waals surface area contributed by atoms with E-state index in [1.54, 1.807) is 24.7 Å². The molecule has 2 rings (SSSR count). The number of nitrogens with one attached hydrogen (secondary N) is 2. The van der Waals surface area contributed by atoms with E-state index in [2.05, 4.69) is 15.3 Å². The number of aromatic amines is 1. The van der Waals surface area contributed by atoms with Gasteiger partial charge in [0.25, 0.3) is 0 Å². The molecule has 0 spiro atoms. The summed E-state index contributed by atoms with van der Waals surface area (Å²) in [4.78, 5) is 18.5. The van der Waals surface area contributed by atoms with Crippen LogP contribution in [0.1, 0.15) is 18.5 Å². The lowest BCUT2D eigenvalue weighted by Crippen LogP contribution is -2.25. The summed E-state index contributed by atoms with van der Waals surface area (Å²) < 4.78 is 18.1. The first-order valence-electron chi connectivity index (χ1n) is 6.86. The number of rotatable bonds is 8. The lowest BCUT2D eigenvalue weighted by molar-refractivity contribution is -0.121. The Balaban J connectivity index is 1.53. The minimum atomic E-state index is -0.293. The van der Waals surface area contributed by atoms with Gasteiger partial charge in [0.05, 0.1) is 12.9 Å². The number of benzene rings is 1. The molecule has 112 valence electrons. The third kappa shape index (κ3) is 5.64. The standard InChI is InChI=1S/C15H18FN3O2/c16-12-3-5-14(6-4-12)21-9-1-2-15(20)18-8-7-13-10-17-11-19-13/h3-6,10-11H,1-2,7-9H2,(H,17,19)(H,18,20). The number of carbonyl (C=O) groups excluding carboxylic acids is 1.